The Balaban J connectivity index is 1.82. The smallest absolute Gasteiger partial charge is 0.147 e. The lowest BCUT2D eigenvalue weighted by Crippen LogP contribution is -2.39. The Kier molecular flexibility index (Phi) is 3.50. The summed E-state index contributed by atoms with van der Waals surface area (Å²) in [5.74, 6) is 0.999. The van der Waals surface area contributed by atoms with E-state index in [-0.39, 0.29) is 6.04 Å². The summed E-state index contributed by atoms with van der Waals surface area (Å²) in [4.78, 5) is 2.34. The quantitative estimate of drug-likeness (QED) is 0.922. The molecule has 6 heteroatoms. The van der Waals surface area contributed by atoms with Crippen molar-refractivity contribution in [3.8, 4) is 0 Å². The molecule has 3 rings (SSSR count). The molecule has 0 spiro atoms. The SMILES string of the molecule is NCC(c1ccc(Cl)cc1)N1CCn2cnnc2C1. The third-order valence-corrected chi connectivity index (χ3v) is 3.84. The van der Waals surface area contributed by atoms with Gasteiger partial charge in [0.15, 0.2) is 0 Å². The van der Waals surface area contributed by atoms with E-state index in [4.69, 9.17) is 17.3 Å². The van der Waals surface area contributed by atoms with Gasteiger partial charge >= 0.3 is 0 Å². The van der Waals surface area contributed by atoms with Gasteiger partial charge in [0, 0.05) is 30.7 Å². The molecule has 2 N–H and O–H groups in total. The van der Waals surface area contributed by atoms with E-state index in [2.05, 4.69) is 19.7 Å². The predicted octanol–water partition coefficient (Wildman–Crippen LogP) is 1.45. The van der Waals surface area contributed by atoms with E-state index < -0.39 is 0 Å². The molecule has 1 aliphatic rings. The van der Waals surface area contributed by atoms with E-state index in [0.29, 0.717) is 6.54 Å². The van der Waals surface area contributed by atoms with Gasteiger partial charge in [-0.2, -0.15) is 0 Å². The second-order valence-corrected chi connectivity index (χ2v) is 5.15. The van der Waals surface area contributed by atoms with Crippen molar-refractivity contribution in [3.63, 3.8) is 0 Å². The Morgan fingerprint density at radius 3 is 2.79 bits per heavy atom. The van der Waals surface area contributed by atoms with Crippen LogP contribution in [-0.2, 0) is 13.1 Å². The number of benzene rings is 1. The summed E-state index contributed by atoms with van der Waals surface area (Å²) in [5, 5.41) is 8.83. The minimum absolute atomic E-state index is 0.197. The van der Waals surface area contributed by atoms with Crippen LogP contribution in [0.1, 0.15) is 17.4 Å². The van der Waals surface area contributed by atoms with Crippen molar-refractivity contribution < 1.29 is 0 Å². The standard InChI is InChI=1S/C13H16ClN5/c14-11-3-1-10(2-4-11)12(7-15)18-5-6-19-9-16-17-13(19)8-18/h1-4,9,12H,5-8,15H2. The van der Waals surface area contributed by atoms with Crippen LogP contribution in [0, 0.1) is 0 Å². The number of hydrogen-bond acceptors (Lipinski definition) is 4. The molecule has 2 aromatic rings. The molecular formula is C13H16ClN5. The largest absolute Gasteiger partial charge is 0.329 e. The number of nitrogens with zero attached hydrogens (tertiary/aromatic N) is 4. The number of rotatable bonds is 3. The highest BCUT2D eigenvalue weighted by Gasteiger charge is 2.24. The van der Waals surface area contributed by atoms with Gasteiger partial charge in [-0.15, -0.1) is 10.2 Å². The van der Waals surface area contributed by atoms with Crippen molar-refractivity contribution in [3.05, 3.63) is 47.0 Å². The van der Waals surface area contributed by atoms with Crippen molar-refractivity contribution in [2.75, 3.05) is 13.1 Å². The first-order valence-corrected chi connectivity index (χ1v) is 6.72. The fraction of sp³-hybridized carbons (Fsp3) is 0.385. The van der Waals surface area contributed by atoms with Gasteiger partial charge in [-0.25, -0.2) is 0 Å². The lowest BCUT2D eigenvalue weighted by molar-refractivity contribution is 0.156. The first kappa shape index (κ1) is 12.6. The van der Waals surface area contributed by atoms with E-state index >= 15 is 0 Å². The monoisotopic (exact) mass is 277 g/mol. The van der Waals surface area contributed by atoms with Crippen LogP contribution in [0.25, 0.3) is 0 Å². The second-order valence-electron chi connectivity index (χ2n) is 4.71. The highest BCUT2D eigenvalue weighted by atomic mass is 35.5. The van der Waals surface area contributed by atoms with Crippen LogP contribution in [0.4, 0.5) is 0 Å². The molecule has 0 amide bonds. The maximum atomic E-state index is 5.95. The molecule has 19 heavy (non-hydrogen) atoms. The predicted molar refractivity (Wildman–Crippen MR) is 73.7 cm³/mol. The molecule has 1 aromatic heterocycles. The maximum absolute atomic E-state index is 5.95. The van der Waals surface area contributed by atoms with Crippen molar-refractivity contribution >= 4 is 11.6 Å². The fourth-order valence-electron chi connectivity index (χ4n) is 2.53. The van der Waals surface area contributed by atoms with Crippen molar-refractivity contribution in [1.82, 2.24) is 19.7 Å². The molecule has 0 bridgehead atoms. The second kappa shape index (κ2) is 5.28. The molecule has 0 saturated heterocycles. The third-order valence-electron chi connectivity index (χ3n) is 3.59. The average Bonchev–Trinajstić information content (AvgIpc) is 2.89. The zero-order valence-electron chi connectivity index (χ0n) is 10.5. The maximum Gasteiger partial charge on any atom is 0.147 e. The molecule has 5 nitrogen and oxygen atoms in total. The summed E-state index contributed by atoms with van der Waals surface area (Å²) in [7, 11) is 0. The van der Waals surface area contributed by atoms with Crippen LogP contribution in [0.5, 0.6) is 0 Å². The minimum atomic E-state index is 0.197. The summed E-state index contributed by atoms with van der Waals surface area (Å²) in [6.45, 7) is 3.22. The first-order valence-electron chi connectivity index (χ1n) is 6.34. The lowest BCUT2D eigenvalue weighted by atomic mass is 10.0. The Morgan fingerprint density at radius 1 is 1.26 bits per heavy atom. The van der Waals surface area contributed by atoms with Crippen LogP contribution in [0.15, 0.2) is 30.6 Å². The van der Waals surface area contributed by atoms with Gasteiger partial charge in [-0.1, -0.05) is 23.7 Å². The molecule has 0 aliphatic carbocycles. The fourth-order valence-corrected chi connectivity index (χ4v) is 2.66. The highest BCUT2D eigenvalue weighted by Crippen LogP contribution is 2.24. The topological polar surface area (TPSA) is 60.0 Å². The summed E-state index contributed by atoms with van der Waals surface area (Å²) in [6, 6.07) is 8.10. The number of aromatic nitrogens is 3. The Hall–Kier alpha value is -1.43. The zero-order chi connectivity index (χ0) is 13.2. The summed E-state index contributed by atoms with van der Waals surface area (Å²) in [5.41, 5.74) is 7.15. The lowest BCUT2D eigenvalue weighted by Gasteiger charge is -2.34. The first-order chi connectivity index (χ1) is 9.28. The van der Waals surface area contributed by atoms with E-state index in [1.54, 1.807) is 6.33 Å². The van der Waals surface area contributed by atoms with Crippen LogP contribution in [0.2, 0.25) is 5.02 Å². The molecule has 1 unspecified atom stereocenters. The van der Waals surface area contributed by atoms with Gasteiger partial charge in [0.2, 0.25) is 0 Å². The van der Waals surface area contributed by atoms with Gasteiger partial charge < -0.3 is 10.3 Å². The Labute approximate surface area is 117 Å². The van der Waals surface area contributed by atoms with Crippen molar-refractivity contribution in [2.45, 2.75) is 19.1 Å². The molecule has 0 radical (unpaired) electrons. The number of fused-ring (bicyclic) bond motifs is 1. The van der Waals surface area contributed by atoms with Crippen molar-refractivity contribution in [1.29, 1.82) is 0 Å². The molecular weight excluding hydrogens is 262 g/mol. The highest BCUT2D eigenvalue weighted by molar-refractivity contribution is 6.30. The zero-order valence-corrected chi connectivity index (χ0v) is 11.3. The van der Waals surface area contributed by atoms with E-state index in [0.717, 1.165) is 30.5 Å². The normalized spacial score (nSPS) is 17.2. The summed E-state index contributed by atoms with van der Waals surface area (Å²) >= 11 is 5.93. The molecule has 2 heterocycles. The molecule has 0 fully saturated rings. The van der Waals surface area contributed by atoms with Gasteiger partial charge in [0.25, 0.3) is 0 Å². The third kappa shape index (κ3) is 2.49. The van der Waals surface area contributed by atoms with Crippen LogP contribution < -0.4 is 5.73 Å². The molecule has 0 saturated carbocycles. The van der Waals surface area contributed by atoms with E-state index in [9.17, 15) is 0 Å². The van der Waals surface area contributed by atoms with E-state index in [1.165, 1.54) is 5.56 Å². The molecule has 100 valence electrons. The van der Waals surface area contributed by atoms with Crippen molar-refractivity contribution in [2.24, 2.45) is 5.73 Å². The average molecular weight is 278 g/mol. The van der Waals surface area contributed by atoms with Gasteiger partial charge in [0.1, 0.15) is 12.2 Å². The number of halogens is 1. The summed E-state index contributed by atoms with van der Waals surface area (Å²) < 4.78 is 2.09. The number of hydrogen-bond donors (Lipinski definition) is 1. The Bertz CT molecular complexity index is 550. The van der Waals surface area contributed by atoms with Crippen LogP contribution in [-0.4, -0.2) is 32.8 Å². The van der Waals surface area contributed by atoms with E-state index in [1.807, 2.05) is 24.3 Å². The molecule has 1 aromatic carbocycles. The number of nitrogens with two attached hydrogens (primary N) is 1. The van der Waals surface area contributed by atoms with Gasteiger partial charge in [0.05, 0.1) is 6.54 Å². The van der Waals surface area contributed by atoms with Crippen LogP contribution in [0.3, 0.4) is 0 Å². The summed E-state index contributed by atoms with van der Waals surface area (Å²) in [6.07, 6.45) is 1.78. The van der Waals surface area contributed by atoms with Gasteiger partial charge in [-0.3, -0.25) is 4.90 Å². The van der Waals surface area contributed by atoms with Crippen LogP contribution >= 0.6 is 11.6 Å². The van der Waals surface area contributed by atoms with Gasteiger partial charge in [-0.05, 0) is 17.7 Å². The minimum Gasteiger partial charge on any atom is -0.329 e. The molecule has 1 atom stereocenters. The molecule has 1 aliphatic heterocycles. The Morgan fingerprint density at radius 2 is 2.05 bits per heavy atom.